The number of hydrogen-bond donors (Lipinski definition) is 0. The number of alkyl halides is 11. The van der Waals surface area contributed by atoms with E-state index >= 15 is 0 Å². The van der Waals surface area contributed by atoms with Crippen LogP contribution in [0.3, 0.4) is 0 Å². The second-order valence-corrected chi connectivity index (χ2v) is 6.98. The van der Waals surface area contributed by atoms with Crippen LogP contribution in [-0.4, -0.2) is 66.6 Å². The second-order valence-electron chi connectivity index (χ2n) is 6.98. The molecule has 166 valence electrons. The summed E-state index contributed by atoms with van der Waals surface area (Å²) in [6.07, 6.45) is -22.9. The van der Waals surface area contributed by atoms with Crippen LogP contribution in [0.1, 0.15) is 32.1 Å². The summed E-state index contributed by atoms with van der Waals surface area (Å²) in [5, 5.41) is 0. The fourth-order valence-corrected chi connectivity index (χ4v) is 3.61. The summed E-state index contributed by atoms with van der Waals surface area (Å²) < 4.78 is 151. The Morgan fingerprint density at radius 3 is 1.57 bits per heavy atom. The van der Waals surface area contributed by atoms with Gasteiger partial charge in [0.05, 0.1) is 0 Å². The van der Waals surface area contributed by atoms with E-state index in [1.807, 2.05) is 0 Å². The molecule has 0 saturated carbocycles. The third-order valence-corrected chi connectivity index (χ3v) is 4.93. The Kier molecular flexibility index (Phi) is 6.50. The summed E-state index contributed by atoms with van der Waals surface area (Å²) >= 11 is 0. The Labute approximate surface area is 153 Å². The Morgan fingerprint density at radius 1 is 0.679 bits per heavy atom. The Hall–Kier alpha value is -0.850. The minimum absolute atomic E-state index is 0.226. The third kappa shape index (κ3) is 4.65. The van der Waals surface area contributed by atoms with Crippen molar-refractivity contribution >= 4 is 0 Å². The van der Waals surface area contributed by atoms with Gasteiger partial charge in [0.2, 0.25) is 0 Å². The van der Waals surface area contributed by atoms with Crippen molar-refractivity contribution in [3.05, 3.63) is 0 Å². The number of likely N-dealkylation sites (tertiary alicyclic amines) is 1. The Bertz CT molecular complexity index is 527. The Balaban J connectivity index is 2.21. The monoisotopic (exact) mass is 437 g/mol. The van der Waals surface area contributed by atoms with Crippen LogP contribution in [0.15, 0.2) is 0 Å². The van der Waals surface area contributed by atoms with Gasteiger partial charge in [-0.1, -0.05) is 6.42 Å². The summed E-state index contributed by atoms with van der Waals surface area (Å²) in [5.74, 6) is -9.91. The summed E-state index contributed by atoms with van der Waals surface area (Å²) in [7, 11) is 0. The highest BCUT2D eigenvalue weighted by atomic mass is 19.4. The number of nitrogens with zero attached hydrogens (tertiary/aromatic N) is 1. The van der Waals surface area contributed by atoms with Gasteiger partial charge in [-0.2, -0.15) is 26.3 Å². The predicted octanol–water partition coefficient (Wildman–Crippen LogP) is 5.12. The molecule has 2 heterocycles. The molecule has 2 aliphatic heterocycles. The normalized spacial score (nSPS) is 28.4. The van der Waals surface area contributed by atoms with E-state index in [4.69, 9.17) is 0 Å². The van der Waals surface area contributed by atoms with E-state index in [0.29, 0.717) is 11.3 Å². The van der Waals surface area contributed by atoms with Crippen LogP contribution in [0.2, 0.25) is 0 Å². The van der Waals surface area contributed by atoms with Gasteiger partial charge in [-0.3, -0.25) is 4.90 Å². The molecule has 2 saturated heterocycles. The fourth-order valence-electron chi connectivity index (χ4n) is 3.61. The molecule has 2 aliphatic rings. The summed E-state index contributed by atoms with van der Waals surface area (Å²) in [4.78, 5) is 0.478. The molecule has 0 bridgehead atoms. The zero-order valence-corrected chi connectivity index (χ0v) is 14.3. The van der Waals surface area contributed by atoms with E-state index in [-0.39, 0.29) is 25.9 Å². The molecule has 2 nitrogen and oxygen atoms in total. The summed E-state index contributed by atoms with van der Waals surface area (Å²) in [5.41, 5.74) is 0. The Morgan fingerprint density at radius 2 is 1.14 bits per heavy atom. The molecule has 28 heavy (non-hydrogen) atoms. The first kappa shape index (κ1) is 23.4. The molecular weight excluding hydrogens is 419 g/mol. The molecule has 0 aliphatic carbocycles. The number of ether oxygens (including phenoxy) is 1. The van der Waals surface area contributed by atoms with Crippen molar-refractivity contribution < 1.29 is 53.0 Å². The molecular formula is C15H18F11NO. The zero-order chi connectivity index (χ0) is 21.5. The topological polar surface area (TPSA) is 12.5 Å². The van der Waals surface area contributed by atoms with Crippen LogP contribution >= 0.6 is 0 Å². The highest BCUT2D eigenvalue weighted by molar-refractivity contribution is 5.02. The van der Waals surface area contributed by atoms with Gasteiger partial charge in [0, 0.05) is 0 Å². The van der Waals surface area contributed by atoms with Crippen molar-refractivity contribution in [1.82, 2.24) is 4.90 Å². The lowest BCUT2D eigenvalue weighted by Gasteiger charge is -2.41. The molecule has 0 spiro atoms. The van der Waals surface area contributed by atoms with Gasteiger partial charge in [0.25, 0.3) is 12.1 Å². The van der Waals surface area contributed by atoms with Crippen LogP contribution in [0.25, 0.3) is 0 Å². The predicted molar refractivity (Wildman–Crippen MR) is 74.0 cm³/mol. The van der Waals surface area contributed by atoms with Crippen LogP contribution in [0.4, 0.5) is 48.3 Å². The zero-order valence-electron chi connectivity index (χ0n) is 14.3. The van der Waals surface area contributed by atoms with Crippen molar-refractivity contribution in [2.75, 3.05) is 13.1 Å². The quantitative estimate of drug-likeness (QED) is 0.554. The number of piperidine rings is 1. The molecule has 4 unspecified atom stereocenters. The lowest BCUT2D eigenvalue weighted by molar-refractivity contribution is -0.295. The first-order valence-electron chi connectivity index (χ1n) is 8.52. The molecule has 0 aromatic rings. The van der Waals surface area contributed by atoms with Gasteiger partial charge >= 0.3 is 18.3 Å². The average molecular weight is 437 g/mol. The minimum atomic E-state index is -5.98. The van der Waals surface area contributed by atoms with Crippen molar-refractivity contribution in [1.29, 1.82) is 0 Å². The van der Waals surface area contributed by atoms with Crippen LogP contribution in [0.5, 0.6) is 0 Å². The maximum atomic E-state index is 14.6. The second kappa shape index (κ2) is 7.77. The van der Waals surface area contributed by atoms with Crippen molar-refractivity contribution in [2.45, 2.75) is 80.7 Å². The van der Waals surface area contributed by atoms with Crippen LogP contribution in [0, 0.1) is 0 Å². The SMILES string of the molecule is FC(C(F)(F)F)C(F)(F)C1CCC(C(F)(F)C(N2CCCCC2)C(F)(F)F)O1. The van der Waals surface area contributed by atoms with E-state index < -0.39 is 61.5 Å². The third-order valence-electron chi connectivity index (χ3n) is 4.93. The van der Waals surface area contributed by atoms with Gasteiger partial charge in [0.1, 0.15) is 12.2 Å². The molecule has 0 aromatic carbocycles. The van der Waals surface area contributed by atoms with E-state index in [1.165, 1.54) is 0 Å². The number of rotatable bonds is 5. The first-order valence-corrected chi connectivity index (χ1v) is 8.52. The maximum absolute atomic E-state index is 14.6. The molecule has 2 rings (SSSR count). The van der Waals surface area contributed by atoms with Crippen LogP contribution in [-0.2, 0) is 4.74 Å². The van der Waals surface area contributed by atoms with E-state index in [2.05, 4.69) is 4.74 Å². The van der Waals surface area contributed by atoms with Crippen molar-refractivity contribution in [3.63, 3.8) is 0 Å². The van der Waals surface area contributed by atoms with Crippen molar-refractivity contribution in [2.24, 2.45) is 0 Å². The fraction of sp³-hybridized carbons (Fsp3) is 1.00. The largest absolute Gasteiger partial charge is 0.425 e. The molecule has 0 N–H and O–H groups in total. The highest BCUT2D eigenvalue weighted by Gasteiger charge is 2.67. The van der Waals surface area contributed by atoms with Crippen molar-refractivity contribution in [3.8, 4) is 0 Å². The van der Waals surface area contributed by atoms with Gasteiger partial charge in [0.15, 0.2) is 6.04 Å². The number of halogens is 11. The lowest BCUT2D eigenvalue weighted by Crippen LogP contribution is -2.62. The molecule has 0 radical (unpaired) electrons. The molecule has 4 atom stereocenters. The molecule has 0 amide bonds. The smallest absolute Gasteiger partial charge is 0.362 e. The van der Waals surface area contributed by atoms with E-state index in [9.17, 15) is 48.3 Å². The summed E-state index contributed by atoms with van der Waals surface area (Å²) in [6.45, 7) is -0.598. The minimum Gasteiger partial charge on any atom is -0.362 e. The molecule has 2 fully saturated rings. The lowest BCUT2D eigenvalue weighted by atomic mass is 9.96. The number of hydrogen-bond acceptors (Lipinski definition) is 2. The van der Waals surface area contributed by atoms with E-state index in [0.717, 1.165) is 0 Å². The summed E-state index contributed by atoms with van der Waals surface area (Å²) in [6, 6.07) is -3.33. The van der Waals surface area contributed by atoms with Gasteiger partial charge in [-0.25, -0.2) is 22.0 Å². The van der Waals surface area contributed by atoms with E-state index in [1.54, 1.807) is 0 Å². The van der Waals surface area contributed by atoms with Crippen LogP contribution < -0.4 is 0 Å². The highest BCUT2D eigenvalue weighted by Crippen LogP contribution is 2.48. The standard InChI is InChI=1S/C15H18F11NO/c16-10(14(21,22)23)12(17,18)8-4-5-9(28-8)13(19,20)11(15(24,25)26)27-6-2-1-3-7-27/h8-11H,1-7H2. The van der Waals surface area contributed by atoms with Gasteiger partial charge in [-0.15, -0.1) is 0 Å². The molecule has 0 aromatic heterocycles. The average Bonchev–Trinajstić information content (AvgIpc) is 3.04. The maximum Gasteiger partial charge on any atom is 0.425 e. The van der Waals surface area contributed by atoms with Gasteiger partial charge in [-0.05, 0) is 38.8 Å². The first-order chi connectivity index (χ1) is 12.6. The van der Waals surface area contributed by atoms with Gasteiger partial charge < -0.3 is 4.74 Å². The molecule has 13 heteroatoms.